The molecule has 1 aromatic rings. The predicted molar refractivity (Wildman–Crippen MR) is 85.0 cm³/mol. The maximum Gasteiger partial charge on any atom is 0.339 e. The van der Waals surface area contributed by atoms with E-state index in [9.17, 15) is 4.79 Å². The summed E-state index contributed by atoms with van der Waals surface area (Å²) in [5, 5.41) is 0. The Hall–Kier alpha value is -2.10. The second-order valence-electron chi connectivity index (χ2n) is 4.75. The van der Waals surface area contributed by atoms with Crippen LogP contribution in [0, 0.1) is 6.92 Å². The van der Waals surface area contributed by atoms with Gasteiger partial charge in [0.2, 0.25) is 0 Å². The molecule has 0 atom stereocenters. The third kappa shape index (κ3) is 4.74. The fourth-order valence-corrected chi connectivity index (χ4v) is 2.01. The van der Waals surface area contributed by atoms with Gasteiger partial charge in [0.1, 0.15) is 5.75 Å². The lowest BCUT2D eigenvalue weighted by atomic mass is 10.1. The van der Waals surface area contributed by atoms with E-state index in [0.717, 1.165) is 17.0 Å². The molecule has 0 bridgehead atoms. The lowest BCUT2D eigenvalue weighted by Gasteiger charge is -2.03. The van der Waals surface area contributed by atoms with Gasteiger partial charge in [-0.15, -0.1) is 0 Å². The van der Waals surface area contributed by atoms with Gasteiger partial charge in [-0.3, -0.25) is 4.99 Å². The summed E-state index contributed by atoms with van der Waals surface area (Å²) in [7, 11) is 1.68. The van der Waals surface area contributed by atoms with Crippen molar-refractivity contribution < 1.29 is 14.3 Å². The Kier molecular flexibility index (Phi) is 6.66. The van der Waals surface area contributed by atoms with Crippen LogP contribution in [0.4, 0.5) is 0 Å². The highest BCUT2D eigenvalue weighted by Crippen LogP contribution is 2.16. The minimum absolute atomic E-state index is 0.242. The molecule has 0 aliphatic carbocycles. The average molecular weight is 289 g/mol. The van der Waals surface area contributed by atoms with Gasteiger partial charge in [-0.2, -0.15) is 0 Å². The van der Waals surface area contributed by atoms with Gasteiger partial charge in [-0.05, 0) is 44.9 Å². The van der Waals surface area contributed by atoms with Crippen molar-refractivity contribution in [1.82, 2.24) is 0 Å². The zero-order valence-electron chi connectivity index (χ0n) is 13.4. The van der Waals surface area contributed by atoms with Gasteiger partial charge >= 0.3 is 5.97 Å². The summed E-state index contributed by atoms with van der Waals surface area (Å²) < 4.78 is 9.93. The van der Waals surface area contributed by atoms with E-state index in [1.807, 2.05) is 45.0 Å². The number of aryl methyl sites for hydroxylation is 1. The van der Waals surface area contributed by atoms with Gasteiger partial charge in [-0.1, -0.05) is 18.2 Å². The largest absolute Gasteiger partial charge is 0.496 e. The first kappa shape index (κ1) is 17.0. The summed E-state index contributed by atoms with van der Waals surface area (Å²) in [6.45, 7) is 8.63. The van der Waals surface area contributed by atoms with Crippen LogP contribution >= 0.6 is 0 Å². The highest BCUT2D eigenvalue weighted by molar-refractivity contribution is 6.20. The minimum atomic E-state index is -0.242. The van der Waals surface area contributed by atoms with E-state index in [-0.39, 0.29) is 5.97 Å². The molecule has 0 unspecified atom stereocenters. The third-order valence-corrected chi connectivity index (χ3v) is 3.14. The fourth-order valence-electron chi connectivity index (χ4n) is 2.01. The van der Waals surface area contributed by atoms with Crippen molar-refractivity contribution in [2.45, 2.75) is 27.7 Å². The molecule has 21 heavy (non-hydrogen) atoms. The number of methoxy groups -OCH3 is 1. The Morgan fingerprint density at radius 3 is 2.33 bits per heavy atom. The van der Waals surface area contributed by atoms with E-state index >= 15 is 0 Å². The van der Waals surface area contributed by atoms with Gasteiger partial charge in [0.15, 0.2) is 0 Å². The first-order valence-corrected chi connectivity index (χ1v) is 6.99. The molecule has 0 N–H and O–H groups in total. The molecule has 0 spiro atoms. The minimum Gasteiger partial charge on any atom is -0.496 e. The number of carbonyl (C=O) groups excluding carboxylic acids is 1. The SMILES string of the molecule is CCOC(=O)C1=C(C)CN=C1C.COc1ccccc1C. The van der Waals surface area contributed by atoms with E-state index in [0.29, 0.717) is 18.7 Å². The Morgan fingerprint density at radius 1 is 1.24 bits per heavy atom. The Labute approximate surface area is 126 Å². The molecule has 4 heteroatoms. The van der Waals surface area contributed by atoms with Crippen molar-refractivity contribution in [1.29, 1.82) is 0 Å². The van der Waals surface area contributed by atoms with Gasteiger partial charge in [0.05, 0.1) is 25.8 Å². The van der Waals surface area contributed by atoms with Crippen LogP contribution in [0.25, 0.3) is 0 Å². The number of esters is 1. The van der Waals surface area contributed by atoms with Crippen molar-refractivity contribution in [3.05, 3.63) is 41.0 Å². The van der Waals surface area contributed by atoms with Crippen molar-refractivity contribution >= 4 is 11.7 Å². The molecular formula is C17H23NO3. The summed E-state index contributed by atoms with van der Waals surface area (Å²) in [6.07, 6.45) is 0. The van der Waals surface area contributed by atoms with Crippen molar-refractivity contribution in [2.75, 3.05) is 20.3 Å². The van der Waals surface area contributed by atoms with Gasteiger partial charge in [0.25, 0.3) is 0 Å². The first-order valence-electron chi connectivity index (χ1n) is 6.99. The molecule has 1 aromatic carbocycles. The summed E-state index contributed by atoms with van der Waals surface area (Å²) in [4.78, 5) is 15.4. The van der Waals surface area contributed by atoms with Crippen molar-refractivity contribution in [3.63, 3.8) is 0 Å². The maximum atomic E-state index is 11.3. The molecule has 0 saturated heterocycles. The number of hydrogen-bond donors (Lipinski definition) is 0. The number of rotatable bonds is 3. The smallest absolute Gasteiger partial charge is 0.339 e. The number of para-hydroxylation sites is 1. The summed E-state index contributed by atoms with van der Waals surface area (Å²) in [6, 6.07) is 7.94. The molecule has 0 fully saturated rings. The molecule has 0 aromatic heterocycles. The zero-order chi connectivity index (χ0) is 15.8. The Morgan fingerprint density at radius 2 is 1.90 bits per heavy atom. The van der Waals surface area contributed by atoms with Crippen LogP contribution in [0.1, 0.15) is 26.3 Å². The number of ether oxygens (including phenoxy) is 2. The topological polar surface area (TPSA) is 47.9 Å². The molecule has 1 heterocycles. The van der Waals surface area contributed by atoms with E-state index in [4.69, 9.17) is 9.47 Å². The number of hydrogen-bond acceptors (Lipinski definition) is 4. The molecule has 0 radical (unpaired) electrons. The molecule has 1 aliphatic heterocycles. The molecule has 2 rings (SSSR count). The third-order valence-electron chi connectivity index (χ3n) is 3.14. The average Bonchev–Trinajstić information content (AvgIpc) is 2.80. The van der Waals surface area contributed by atoms with E-state index in [1.54, 1.807) is 14.0 Å². The van der Waals surface area contributed by atoms with Crippen LogP contribution in [-0.2, 0) is 9.53 Å². The van der Waals surface area contributed by atoms with Crippen LogP contribution in [0.2, 0.25) is 0 Å². The number of nitrogens with zero attached hydrogens (tertiary/aromatic N) is 1. The lowest BCUT2D eigenvalue weighted by molar-refractivity contribution is -0.137. The van der Waals surface area contributed by atoms with Crippen molar-refractivity contribution in [2.24, 2.45) is 4.99 Å². The lowest BCUT2D eigenvalue weighted by Crippen LogP contribution is -2.12. The normalized spacial score (nSPS) is 13.3. The van der Waals surface area contributed by atoms with Crippen molar-refractivity contribution in [3.8, 4) is 5.75 Å². The molecule has 114 valence electrons. The van der Waals surface area contributed by atoms with Crippen LogP contribution in [0.15, 0.2) is 40.4 Å². The number of benzene rings is 1. The van der Waals surface area contributed by atoms with Gasteiger partial charge < -0.3 is 9.47 Å². The molecular weight excluding hydrogens is 266 g/mol. The fraction of sp³-hybridized carbons (Fsp3) is 0.412. The molecule has 0 amide bonds. The van der Waals surface area contributed by atoms with Crippen LogP contribution in [0.5, 0.6) is 5.75 Å². The summed E-state index contributed by atoms with van der Waals surface area (Å²) in [5.74, 6) is 0.714. The standard InChI is InChI=1S/C9H13NO2.C8H10O/c1-4-12-9(11)8-6(2)5-10-7(8)3;1-7-5-3-4-6-8(7)9-2/h4-5H2,1-3H3;3-6H,1-2H3. The van der Waals surface area contributed by atoms with E-state index < -0.39 is 0 Å². The highest BCUT2D eigenvalue weighted by atomic mass is 16.5. The van der Waals surface area contributed by atoms with Crippen LogP contribution in [-0.4, -0.2) is 31.9 Å². The first-order chi connectivity index (χ1) is 10.0. The quantitative estimate of drug-likeness (QED) is 0.802. The molecule has 1 aliphatic rings. The summed E-state index contributed by atoms with van der Waals surface area (Å²) >= 11 is 0. The van der Waals surface area contributed by atoms with Gasteiger partial charge in [-0.25, -0.2) is 4.79 Å². The highest BCUT2D eigenvalue weighted by Gasteiger charge is 2.20. The van der Waals surface area contributed by atoms with Crippen LogP contribution < -0.4 is 4.74 Å². The summed E-state index contributed by atoms with van der Waals surface area (Å²) in [5.41, 5.74) is 3.65. The van der Waals surface area contributed by atoms with E-state index in [2.05, 4.69) is 4.99 Å². The number of aliphatic imine (C=N–C) groups is 1. The molecule has 4 nitrogen and oxygen atoms in total. The van der Waals surface area contributed by atoms with E-state index in [1.165, 1.54) is 5.56 Å². The predicted octanol–water partition coefficient (Wildman–Crippen LogP) is 3.34. The van der Waals surface area contributed by atoms with Gasteiger partial charge in [0, 0.05) is 5.71 Å². The Balaban J connectivity index is 0.000000219. The maximum absolute atomic E-state index is 11.3. The second kappa shape index (κ2) is 8.25. The Bertz CT molecular complexity index is 559. The second-order valence-corrected chi connectivity index (χ2v) is 4.75. The number of carbonyl (C=O) groups is 1. The van der Waals surface area contributed by atoms with Crippen LogP contribution in [0.3, 0.4) is 0 Å². The molecule has 0 saturated carbocycles. The monoisotopic (exact) mass is 289 g/mol. The zero-order valence-corrected chi connectivity index (χ0v) is 13.4.